The van der Waals surface area contributed by atoms with E-state index in [1.807, 2.05) is 91.0 Å². The van der Waals surface area contributed by atoms with Crippen molar-refractivity contribution in [2.75, 3.05) is 23.7 Å². The Kier molecular flexibility index (Phi) is 6.67. The predicted molar refractivity (Wildman–Crippen MR) is 150 cm³/mol. The van der Waals surface area contributed by atoms with Crippen LogP contribution in [0.1, 0.15) is 31.4 Å². The zero-order valence-corrected chi connectivity index (χ0v) is 21.9. The third kappa shape index (κ3) is 4.29. The molecule has 2 saturated heterocycles. The molecule has 2 aliphatic heterocycles. The molecule has 6 rings (SSSR count). The molecule has 0 radical (unpaired) electrons. The van der Waals surface area contributed by atoms with E-state index < -0.39 is 18.1 Å². The fourth-order valence-electron chi connectivity index (χ4n) is 5.51. The van der Waals surface area contributed by atoms with Crippen LogP contribution in [0.15, 0.2) is 91.0 Å². The number of para-hydroxylation sites is 1. The fraction of sp³-hybridized carbons (Fsp3) is 0.250. The van der Waals surface area contributed by atoms with E-state index in [4.69, 9.17) is 14.3 Å². The molecular formula is C32H30N2O5. The zero-order valence-electron chi connectivity index (χ0n) is 21.9. The molecule has 4 aromatic rings. The minimum atomic E-state index is -0.951. The largest absolute Gasteiger partial charge is 0.493 e. The summed E-state index contributed by atoms with van der Waals surface area (Å²) in [5.41, 5.74) is 2.13. The van der Waals surface area contributed by atoms with E-state index in [1.165, 1.54) is 4.90 Å². The van der Waals surface area contributed by atoms with Gasteiger partial charge in [0.25, 0.3) is 5.91 Å². The number of amides is 2. The summed E-state index contributed by atoms with van der Waals surface area (Å²) in [6, 6.07) is 28.1. The number of rotatable bonds is 8. The van der Waals surface area contributed by atoms with Crippen LogP contribution in [0.25, 0.3) is 10.8 Å². The Morgan fingerprint density at radius 2 is 1.62 bits per heavy atom. The highest BCUT2D eigenvalue weighted by molar-refractivity contribution is 6.26. The molecule has 2 aliphatic rings. The van der Waals surface area contributed by atoms with Gasteiger partial charge >= 0.3 is 0 Å². The number of carbonyl (C=O) groups is 2. The van der Waals surface area contributed by atoms with Gasteiger partial charge < -0.3 is 9.47 Å². The smallest absolute Gasteiger partial charge is 0.266 e. The van der Waals surface area contributed by atoms with Gasteiger partial charge in [0.05, 0.1) is 31.1 Å². The molecule has 198 valence electrons. The van der Waals surface area contributed by atoms with Crippen LogP contribution in [0.2, 0.25) is 0 Å². The van der Waals surface area contributed by atoms with Crippen molar-refractivity contribution in [2.45, 2.75) is 31.9 Å². The van der Waals surface area contributed by atoms with Crippen molar-refractivity contribution in [1.29, 1.82) is 0 Å². The van der Waals surface area contributed by atoms with Crippen LogP contribution in [0.5, 0.6) is 11.5 Å². The monoisotopic (exact) mass is 522 g/mol. The maximum atomic E-state index is 14.1. The molecular weight excluding hydrogens is 492 g/mol. The van der Waals surface area contributed by atoms with Gasteiger partial charge in [0.2, 0.25) is 5.91 Å². The summed E-state index contributed by atoms with van der Waals surface area (Å²) in [5.74, 6) is -0.179. The second-order valence-electron chi connectivity index (χ2n) is 9.78. The molecule has 0 aliphatic carbocycles. The summed E-state index contributed by atoms with van der Waals surface area (Å²) in [7, 11) is 1.60. The highest BCUT2D eigenvalue weighted by Gasteiger charge is 2.60. The number of fused-ring (bicyclic) bond motifs is 2. The van der Waals surface area contributed by atoms with Gasteiger partial charge in [-0.25, -0.2) is 9.96 Å². The van der Waals surface area contributed by atoms with Crippen LogP contribution in [0.3, 0.4) is 0 Å². The number of hydrogen-bond donors (Lipinski definition) is 0. The third-order valence-corrected chi connectivity index (χ3v) is 7.42. The quantitative estimate of drug-likeness (QED) is 0.206. The van der Waals surface area contributed by atoms with Crippen LogP contribution in [-0.2, 0) is 14.4 Å². The first-order chi connectivity index (χ1) is 19.1. The van der Waals surface area contributed by atoms with E-state index in [0.717, 1.165) is 34.9 Å². The predicted octanol–water partition coefficient (Wildman–Crippen LogP) is 6.08. The van der Waals surface area contributed by atoms with Gasteiger partial charge in [-0.15, -0.1) is 0 Å². The molecule has 0 aromatic heterocycles. The molecule has 7 heteroatoms. The van der Waals surface area contributed by atoms with Crippen molar-refractivity contribution >= 4 is 34.0 Å². The van der Waals surface area contributed by atoms with E-state index in [2.05, 4.69) is 6.92 Å². The summed E-state index contributed by atoms with van der Waals surface area (Å²) >= 11 is 0. The molecule has 2 heterocycles. The highest BCUT2D eigenvalue weighted by Crippen LogP contribution is 2.49. The van der Waals surface area contributed by atoms with Gasteiger partial charge in [-0.3, -0.25) is 14.4 Å². The lowest BCUT2D eigenvalue weighted by molar-refractivity contribution is -0.126. The van der Waals surface area contributed by atoms with Gasteiger partial charge in [0.1, 0.15) is 5.92 Å². The van der Waals surface area contributed by atoms with Gasteiger partial charge in [-0.1, -0.05) is 74.0 Å². The number of hydroxylamine groups is 1. The SMILES string of the molecule is CCCCOc1ccc([C@@H]2[C@H]3C(=O)N(c4cccc5ccccc45)C(=O)[C@H]3ON2c2ccccc2)cc1OC. The van der Waals surface area contributed by atoms with Crippen molar-refractivity contribution < 1.29 is 23.9 Å². The first-order valence-electron chi connectivity index (χ1n) is 13.3. The van der Waals surface area contributed by atoms with Crippen LogP contribution in [-0.4, -0.2) is 31.6 Å². The van der Waals surface area contributed by atoms with E-state index >= 15 is 0 Å². The van der Waals surface area contributed by atoms with Crippen molar-refractivity contribution in [1.82, 2.24) is 0 Å². The number of hydrogen-bond acceptors (Lipinski definition) is 6. The fourth-order valence-corrected chi connectivity index (χ4v) is 5.51. The van der Waals surface area contributed by atoms with Crippen molar-refractivity contribution in [2.24, 2.45) is 5.92 Å². The van der Waals surface area contributed by atoms with Crippen LogP contribution in [0, 0.1) is 5.92 Å². The molecule has 3 atom stereocenters. The number of benzene rings is 4. The van der Waals surface area contributed by atoms with Gasteiger partial charge in [-0.05, 0) is 47.7 Å². The van der Waals surface area contributed by atoms with Gasteiger partial charge in [0.15, 0.2) is 17.6 Å². The highest BCUT2D eigenvalue weighted by atomic mass is 16.7. The van der Waals surface area contributed by atoms with Crippen molar-refractivity contribution in [3.8, 4) is 11.5 Å². The molecule has 0 bridgehead atoms. The molecule has 0 N–H and O–H groups in total. The standard InChI is InChI=1S/C32H30N2O5/c1-3-4-19-38-26-18-17-22(20-27(26)37-2)29-28-30(39-34(29)23-13-6-5-7-14-23)32(36)33(31(28)35)25-16-10-12-21-11-8-9-15-24(21)25/h5-18,20,28-30H,3-4,19H2,1-2H3/t28-,29-,30+/m1/s1. The molecule has 2 amide bonds. The molecule has 39 heavy (non-hydrogen) atoms. The number of nitrogens with zero attached hydrogens (tertiary/aromatic N) is 2. The van der Waals surface area contributed by atoms with Crippen molar-refractivity contribution in [3.63, 3.8) is 0 Å². The normalized spacial score (nSPS) is 20.5. The van der Waals surface area contributed by atoms with E-state index in [0.29, 0.717) is 23.8 Å². The number of carbonyl (C=O) groups excluding carboxylic acids is 2. The molecule has 0 saturated carbocycles. The van der Waals surface area contributed by atoms with Crippen molar-refractivity contribution in [3.05, 3.63) is 96.6 Å². The van der Waals surface area contributed by atoms with Gasteiger partial charge in [-0.2, -0.15) is 0 Å². The third-order valence-electron chi connectivity index (χ3n) is 7.42. The summed E-state index contributed by atoms with van der Waals surface area (Å²) in [4.78, 5) is 35.6. The second kappa shape index (κ2) is 10.4. The van der Waals surface area contributed by atoms with Crippen LogP contribution < -0.4 is 19.4 Å². The Hall–Kier alpha value is -4.36. The summed E-state index contributed by atoms with van der Waals surface area (Å²) in [6.45, 7) is 2.70. The molecule has 2 fully saturated rings. The van der Waals surface area contributed by atoms with E-state index in [-0.39, 0.29) is 11.8 Å². The summed E-state index contributed by atoms with van der Waals surface area (Å²) in [5, 5.41) is 3.49. The summed E-state index contributed by atoms with van der Waals surface area (Å²) in [6.07, 6.45) is 1.01. The lowest BCUT2D eigenvalue weighted by Gasteiger charge is -2.29. The minimum Gasteiger partial charge on any atom is -0.493 e. The van der Waals surface area contributed by atoms with E-state index in [1.54, 1.807) is 12.2 Å². The first-order valence-corrected chi connectivity index (χ1v) is 13.3. The molecule has 0 spiro atoms. The Labute approximate surface area is 227 Å². The lowest BCUT2D eigenvalue weighted by Crippen LogP contribution is -2.37. The Bertz CT molecular complexity index is 1520. The Morgan fingerprint density at radius 1 is 0.846 bits per heavy atom. The Morgan fingerprint density at radius 3 is 2.41 bits per heavy atom. The molecule has 0 unspecified atom stereocenters. The maximum absolute atomic E-state index is 14.1. The number of ether oxygens (including phenoxy) is 2. The average Bonchev–Trinajstić information content (AvgIpc) is 3.49. The Balaban J connectivity index is 1.42. The second-order valence-corrected chi connectivity index (χ2v) is 9.78. The number of anilines is 2. The van der Waals surface area contributed by atoms with Crippen LogP contribution >= 0.6 is 0 Å². The minimum absolute atomic E-state index is 0.285. The lowest BCUT2D eigenvalue weighted by atomic mass is 9.90. The first kappa shape index (κ1) is 24.9. The number of unbranched alkanes of at least 4 members (excludes halogenated alkanes) is 1. The number of methoxy groups -OCH3 is 1. The topological polar surface area (TPSA) is 68.3 Å². The average molecular weight is 523 g/mol. The molecule has 4 aromatic carbocycles. The number of imide groups is 1. The van der Waals surface area contributed by atoms with E-state index in [9.17, 15) is 9.59 Å². The molecule has 7 nitrogen and oxygen atoms in total. The summed E-state index contributed by atoms with van der Waals surface area (Å²) < 4.78 is 11.6. The zero-order chi connectivity index (χ0) is 26.9. The van der Waals surface area contributed by atoms with Gasteiger partial charge in [0, 0.05) is 5.39 Å². The maximum Gasteiger partial charge on any atom is 0.266 e. The van der Waals surface area contributed by atoms with Crippen LogP contribution in [0.4, 0.5) is 11.4 Å².